The lowest BCUT2D eigenvalue weighted by atomic mass is 10.2. The summed E-state index contributed by atoms with van der Waals surface area (Å²) in [6, 6.07) is 11.0. The molecule has 0 bridgehead atoms. The summed E-state index contributed by atoms with van der Waals surface area (Å²) in [5, 5.41) is 12.5. The Labute approximate surface area is 155 Å². The first kappa shape index (κ1) is 16.7. The third-order valence-electron chi connectivity index (χ3n) is 4.38. The Kier molecular flexibility index (Phi) is 5.07. The van der Waals surface area contributed by atoms with Crippen LogP contribution in [-0.2, 0) is 4.79 Å². The van der Waals surface area contributed by atoms with Crippen LogP contribution >= 0.6 is 23.1 Å². The highest BCUT2D eigenvalue weighted by Gasteiger charge is 2.23. The maximum absolute atomic E-state index is 12.4. The standard InChI is InChI=1S/C17H21N5OS2/c23-15(12-24-17-20-19-16(25-17)18-13-6-7-13)22-10-8-21(9-11-22)14-4-2-1-3-5-14/h1-5,13H,6-12H2,(H,18,19). The number of piperazine rings is 1. The molecule has 2 aliphatic rings. The topological polar surface area (TPSA) is 61.4 Å². The molecule has 132 valence electrons. The first-order chi connectivity index (χ1) is 12.3. The molecule has 2 aromatic rings. The van der Waals surface area contributed by atoms with E-state index in [4.69, 9.17) is 0 Å². The van der Waals surface area contributed by atoms with Crippen LogP contribution in [0.4, 0.5) is 10.8 Å². The Hall–Kier alpha value is -1.80. The van der Waals surface area contributed by atoms with Gasteiger partial charge in [0.2, 0.25) is 11.0 Å². The smallest absolute Gasteiger partial charge is 0.233 e. The number of benzene rings is 1. The van der Waals surface area contributed by atoms with Gasteiger partial charge in [0.25, 0.3) is 0 Å². The number of aromatic nitrogens is 2. The number of nitrogens with zero attached hydrogens (tertiary/aromatic N) is 4. The average Bonchev–Trinajstić information content (AvgIpc) is 3.37. The molecule has 1 amide bonds. The van der Waals surface area contributed by atoms with E-state index < -0.39 is 0 Å². The van der Waals surface area contributed by atoms with Gasteiger partial charge in [-0.15, -0.1) is 10.2 Å². The monoisotopic (exact) mass is 375 g/mol. The highest BCUT2D eigenvalue weighted by Crippen LogP contribution is 2.30. The Morgan fingerprint density at radius 1 is 1.16 bits per heavy atom. The van der Waals surface area contributed by atoms with Crippen molar-refractivity contribution in [1.82, 2.24) is 15.1 Å². The fourth-order valence-electron chi connectivity index (χ4n) is 2.80. The zero-order chi connectivity index (χ0) is 17.1. The second kappa shape index (κ2) is 7.61. The van der Waals surface area contributed by atoms with Gasteiger partial charge in [-0.25, -0.2) is 0 Å². The van der Waals surface area contributed by atoms with Crippen LogP contribution in [0.5, 0.6) is 0 Å². The van der Waals surface area contributed by atoms with E-state index in [2.05, 4.69) is 44.7 Å². The lowest BCUT2D eigenvalue weighted by Gasteiger charge is -2.36. The van der Waals surface area contributed by atoms with Gasteiger partial charge in [0.1, 0.15) is 0 Å². The second-order valence-corrected chi connectivity index (χ2v) is 8.48. The molecule has 1 N–H and O–H groups in total. The van der Waals surface area contributed by atoms with E-state index in [1.807, 2.05) is 11.0 Å². The van der Waals surface area contributed by atoms with Crippen LogP contribution in [0, 0.1) is 0 Å². The zero-order valence-corrected chi connectivity index (χ0v) is 15.6. The molecule has 8 heteroatoms. The number of rotatable bonds is 6. The van der Waals surface area contributed by atoms with E-state index in [0.29, 0.717) is 11.8 Å². The van der Waals surface area contributed by atoms with Gasteiger partial charge in [-0.2, -0.15) is 0 Å². The molecule has 6 nitrogen and oxygen atoms in total. The zero-order valence-electron chi connectivity index (χ0n) is 13.9. The summed E-state index contributed by atoms with van der Waals surface area (Å²) in [5.41, 5.74) is 1.23. The average molecular weight is 376 g/mol. The summed E-state index contributed by atoms with van der Waals surface area (Å²) in [6.45, 7) is 3.32. The molecule has 0 unspecified atom stereocenters. The number of anilines is 2. The van der Waals surface area contributed by atoms with E-state index >= 15 is 0 Å². The molecule has 1 aromatic heterocycles. The molecule has 2 heterocycles. The van der Waals surface area contributed by atoms with Crippen molar-refractivity contribution in [3.8, 4) is 0 Å². The fraction of sp³-hybridized carbons (Fsp3) is 0.471. The van der Waals surface area contributed by atoms with Crippen LogP contribution in [0.3, 0.4) is 0 Å². The Morgan fingerprint density at radius 3 is 2.64 bits per heavy atom. The van der Waals surface area contributed by atoms with Crippen LogP contribution in [0.1, 0.15) is 12.8 Å². The van der Waals surface area contributed by atoms with Crippen molar-refractivity contribution in [3.05, 3.63) is 30.3 Å². The van der Waals surface area contributed by atoms with Crippen molar-refractivity contribution in [3.63, 3.8) is 0 Å². The fourth-order valence-corrected chi connectivity index (χ4v) is 4.53. The molecule has 1 aliphatic heterocycles. The Morgan fingerprint density at radius 2 is 1.92 bits per heavy atom. The largest absolute Gasteiger partial charge is 0.368 e. The minimum Gasteiger partial charge on any atom is -0.368 e. The first-order valence-corrected chi connectivity index (χ1v) is 10.4. The van der Waals surface area contributed by atoms with E-state index in [0.717, 1.165) is 35.7 Å². The summed E-state index contributed by atoms with van der Waals surface area (Å²) in [7, 11) is 0. The van der Waals surface area contributed by atoms with Gasteiger partial charge in [-0.05, 0) is 25.0 Å². The van der Waals surface area contributed by atoms with Crippen LogP contribution < -0.4 is 10.2 Å². The molecule has 25 heavy (non-hydrogen) atoms. The Balaban J connectivity index is 1.23. The van der Waals surface area contributed by atoms with Crippen LogP contribution in [0.15, 0.2) is 34.7 Å². The predicted molar refractivity (Wildman–Crippen MR) is 103 cm³/mol. The molecule has 0 spiro atoms. The maximum atomic E-state index is 12.4. The molecule has 4 rings (SSSR count). The lowest BCUT2D eigenvalue weighted by Crippen LogP contribution is -2.49. The van der Waals surface area contributed by atoms with Gasteiger partial charge < -0.3 is 15.1 Å². The molecule has 1 saturated heterocycles. The number of hydrogen-bond donors (Lipinski definition) is 1. The Bertz CT molecular complexity index is 711. The molecule has 1 saturated carbocycles. The summed E-state index contributed by atoms with van der Waals surface area (Å²) in [5.74, 6) is 0.619. The summed E-state index contributed by atoms with van der Waals surface area (Å²) >= 11 is 3.03. The van der Waals surface area contributed by atoms with Crippen molar-refractivity contribution in [2.45, 2.75) is 23.2 Å². The molecule has 1 aromatic carbocycles. The van der Waals surface area contributed by atoms with Gasteiger partial charge in [0.05, 0.1) is 5.75 Å². The number of carbonyl (C=O) groups is 1. The highest BCUT2D eigenvalue weighted by molar-refractivity contribution is 8.01. The third-order valence-corrected chi connectivity index (χ3v) is 6.36. The van der Waals surface area contributed by atoms with E-state index in [-0.39, 0.29) is 5.91 Å². The molecule has 2 fully saturated rings. The number of carbonyl (C=O) groups excluding carboxylic acids is 1. The van der Waals surface area contributed by atoms with E-state index in [1.54, 1.807) is 0 Å². The number of thioether (sulfide) groups is 1. The third kappa shape index (κ3) is 4.43. The molecule has 1 aliphatic carbocycles. The van der Waals surface area contributed by atoms with Crippen LogP contribution in [0.25, 0.3) is 0 Å². The first-order valence-electron chi connectivity index (χ1n) is 8.58. The number of nitrogens with one attached hydrogen (secondary N) is 1. The number of para-hydroxylation sites is 1. The van der Waals surface area contributed by atoms with Gasteiger partial charge in [-0.3, -0.25) is 4.79 Å². The van der Waals surface area contributed by atoms with E-state index in [9.17, 15) is 4.79 Å². The normalized spacial score (nSPS) is 17.6. The summed E-state index contributed by atoms with van der Waals surface area (Å²) < 4.78 is 0.861. The molecule has 0 atom stereocenters. The lowest BCUT2D eigenvalue weighted by molar-refractivity contribution is -0.128. The summed E-state index contributed by atoms with van der Waals surface area (Å²) in [4.78, 5) is 16.7. The molecular weight excluding hydrogens is 354 g/mol. The van der Waals surface area contributed by atoms with Gasteiger partial charge >= 0.3 is 0 Å². The van der Waals surface area contributed by atoms with Crippen LogP contribution in [-0.4, -0.2) is 59.0 Å². The van der Waals surface area contributed by atoms with Gasteiger partial charge in [-0.1, -0.05) is 41.3 Å². The van der Waals surface area contributed by atoms with Gasteiger partial charge in [0.15, 0.2) is 4.34 Å². The van der Waals surface area contributed by atoms with E-state index in [1.165, 1.54) is 41.6 Å². The minimum absolute atomic E-state index is 0.185. The molecule has 0 radical (unpaired) electrons. The molecular formula is C17H21N5OS2. The van der Waals surface area contributed by atoms with Gasteiger partial charge in [0, 0.05) is 37.9 Å². The quantitative estimate of drug-likeness (QED) is 0.783. The summed E-state index contributed by atoms with van der Waals surface area (Å²) in [6.07, 6.45) is 2.44. The van der Waals surface area contributed by atoms with Crippen molar-refractivity contribution < 1.29 is 4.79 Å². The maximum Gasteiger partial charge on any atom is 0.233 e. The van der Waals surface area contributed by atoms with Crippen molar-refractivity contribution in [2.24, 2.45) is 0 Å². The predicted octanol–water partition coefficient (Wildman–Crippen LogP) is 2.55. The van der Waals surface area contributed by atoms with Crippen molar-refractivity contribution >= 4 is 39.8 Å². The second-order valence-electron chi connectivity index (χ2n) is 6.28. The number of amides is 1. The van der Waals surface area contributed by atoms with Crippen LogP contribution in [0.2, 0.25) is 0 Å². The minimum atomic E-state index is 0.185. The number of hydrogen-bond acceptors (Lipinski definition) is 7. The van der Waals surface area contributed by atoms with Crippen molar-refractivity contribution in [1.29, 1.82) is 0 Å². The van der Waals surface area contributed by atoms with Crippen molar-refractivity contribution in [2.75, 3.05) is 42.1 Å². The SMILES string of the molecule is O=C(CSc1nnc(NC2CC2)s1)N1CCN(c2ccccc2)CC1. The highest BCUT2D eigenvalue weighted by atomic mass is 32.2.